The van der Waals surface area contributed by atoms with Gasteiger partial charge in [0.15, 0.2) is 6.04 Å². The van der Waals surface area contributed by atoms with Crippen LogP contribution < -0.4 is 5.32 Å². The van der Waals surface area contributed by atoms with Crippen LogP contribution in [-0.2, 0) is 4.79 Å². The first-order valence-corrected chi connectivity index (χ1v) is 7.20. The quantitative estimate of drug-likeness (QED) is 0.903. The van der Waals surface area contributed by atoms with Gasteiger partial charge in [0, 0.05) is 6.20 Å². The van der Waals surface area contributed by atoms with Crippen molar-refractivity contribution in [2.24, 2.45) is 0 Å². The maximum Gasteiger partial charge on any atom is 0.330 e. The maximum atomic E-state index is 12.4. The number of aryl methyl sites for hydroxylation is 4. The molecule has 23 heavy (non-hydrogen) atoms. The molecule has 0 spiro atoms. The number of aliphatic carboxylic acids is 1. The van der Waals surface area contributed by atoms with Gasteiger partial charge in [-0.3, -0.25) is 4.79 Å². The summed E-state index contributed by atoms with van der Waals surface area (Å²) in [6, 6.07) is 4.20. The van der Waals surface area contributed by atoms with E-state index in [0.717, 1.165) is 11.1 Å². The molecule has 120 valence electrons. The molecule has 1 unspecified atom stereocenters. The summed E-state index contributed by atoms with van der Waals surface area (Å²) in [5.41, 5.74) is 3.34. The van der Waals surface area contributed by atoms with Crippen LogP contribution >= 0.6 is 0 Å². The number of nitrogens with zero attached hydrogens (tertiary/aromatic N) is 2. The molecule has 1 aromatic carbocycles. The molecule has 0 bridgehead atoms. The van der Waals surface area contributed by atoms with Gasteiger partial charge in [-0.1, -0.05) is 18.2 Å². The van der Waals surface area contributed by atoms with Crippen LogP contribution in [0.4, 0.5) is 0 Å². The molecule has 0 fully saturated rings. The molecule has 6 heteroatoms. The lowest BCUT2D eigenvalue weighted by Gasteiger charge is -2.16. The zero-order chi connectivity index (χ0) is 17.1. The number of aromatic nitrogens is 2. The molecule has 1 amide bonds. The van der Waals surface area contributed by atoms with Crippen molar-refractivity contribution in [3.63, 3.8) is 0 Å². The summed E-state index contributed by atoms with van der Waals surface area (Å²) in [5.74, 6) is -1.07. The topological polar surface area (TPSA) is 92.2 Å². The molecular formula is C17H19N3O3. The lowest BCUT2D eigenvalue weighted by molar-refractivity contribution is -0.139. The van der Waals surface area contributed by atoms with E-state index < -0.39 is 17.9 Å². The standard InChI is InChI=1S/C17H19N3O3/c1-9-5-6-13(7-10(9)2)15(17(22)23)20-16(21)14-8-18-12(4)19-11(14)3/h5-8,15H,1-4H3,(H,20,21)(H,22,23). The van der Waals surface area contributed by atoms with Crippen LogP contribution in [0.1, 0.15) is 44.6 Å². The predicted octanol–water partition coefficient (Wildman–Crippen LogP) is 2.27. The Hall–Kier alpha value is -2.76. The lowest BCUT2D eigenvalue weighted by atomic mass is 10.0. The zero-order valence-electron chi connectivity index (χ0n) is 13.5. The van der Waals surface area contributed by atoms with E-state index in [9.17, 15) is 14.7 Å². The van der Waals surface area contributed by atoms with Crippen molar-refractivity contribution in [1.29, 1.82) is 0 Å². The normalized spacial score (nSPS) is 11.8. The Kier molecular flexibility index (Phi) is 4.74. The fraction of sp³-hybridized carbons (Fsp3) is 0.294. The Morgan fingerprint density at radius 1 is 1.13 bits per heavy atom. The van der Waals surface area contributed by atoms with Gasteiger partial charge in [-0.05, 0) is 44.4 Å². The van der Waals surface area contributed by atoms with Gasteiger partial charge < -0.3 is 10.4 Å². The number of amides is 1. The number of carbonyl (C=O) groups excluding carboxylic acids is 1. The number of carbonyl (C=O) groups is 2. The van der Waals surface area contributed by atoms with Gasteiger partial charge in [0.1, 0.15) is 5.82 Å². The molecule has 1 aromatic heterocycles. The Labute approximate surface area is 134 Å². The van der Waals surface area contributed by atoms with Gasteiger partial charge in [0.2, 0.25) is 0 Å². The number of benzene rings is 1. The fourth-order valence-corrected chi connectivity index (χ4v) is 2.25. The average Bonchev–Trinajstić information content (AvgIpc) is 2.47. The second-order valence-corrected chi connectivity index (χ2v) is 5.50. The van der Waals surface area contributed by atoms with Crippen LogP contribution in [0.25, 0.3) is 0 Å². The van der Waals surface area contributed by atoms with E-state index in [-0.39, 0.29) is 5.56 Å². The Bertz CT molecular complexity index is 772. The highest BCUT2D eigenvalue weighted by atomic mass is 16.4. The molecule has 2 rings (SSSR count). The minimum Gasteiger partial charge on any atom is -0.479 e. The van der Waals surface area contributed by atoms with E-state index >= 15 is 0 Å². The number of carboxylic acids is 1. The number of carboxylic acid groups (broad SMARTS) is 1. The summed E-state index contributed by atoms with van der Waals surface area (Å²) in [7, 11) is 0. The molecule has 2 aromatic rings. The summed E-state index contributed by atoms with van der Waals surface area (Å²) in [5, 5.41) is 12.0. The van der Waals surface area contributed by atoms with Crippen molar-refractivity contribution in [1.82, 2.24) is 15.3 Å². The van der Waals surface area contributed by atoms with Gasteiger partial charge in [0.25, 0.3) is 5.91 Å². The smallest absolute Gasteiger partial charge is 0.330 e. The third-order valence-corrected chi connectivity index (χ3v) is 3.73. The van der Waals surface area contributed by atoms with Crippen LogP contribution in [0.5, 0.6) is 0 Å². The SMILES string of the molecule is Cc1ncc(C(=O)NC(C(=O)O)c2ccc(C)c(C)c2)c(C)n1. The first-order valence-electron chi connectivity index (χ1n) is 7.20. The molecular weight excluding hydrogens is 294 g/mol. The maximum absolute atomic E-state index is 12.4. The third-order valence-electron chi connectivity index (χ3n) is 3.73. The Morgan fingerprint density at radius 3 is 2.39 bits per heavy atom. The van der Waals surface area contributed by atoms with Crippen LogP contribution in [0.15, 0.2) is 24.4 Å². The summed E-state index contributed by atoms with van der Waals surface area (Å²) in [6.45, 7) is 7.26. The van der Waals surface area contributed by atoms with Gasteiger partial charge in [-0.15, -0.1) is 0 Å². The van der Waals surface area contributed by atoms with Gasteiger partial charge in [-0.2, -0.15) is 0 Å². The molecule has 0 saturated carbocycles. The first-order chi connectivity index (χ1) is 10.8. The monoisotopic (exact) mass is 313 g/mol. The molecule has 2 N–H and O–H groups in total. The minimum atomic E-state index is -1.12. The Morgan fingerprint density at radius 2 is 1.83 bits per heavy atom. The van der Waals surface area contributed by atoms with Gasteiger partial charge in [-0.25, -0.2) is 14.8 Å². The fourth-order valence-electron chi connectivity index (χ4n) is 2.25. The van der Waals surface area contributed by atoms with Crippen molar-refractivity contribution >= 4 is 11.9 Å². The van der Waals surface area contributed by atoms with E-state index in [1.165, 1.54) is 6.20 Å². The third kappa shape index (κ3) is 3.71. The van der Waals surface area contributed by atoms with Crippen LogP contribution in [0.2, 0.25) is 0 Å². The van der Waals surface area contributed by atoms with E-state index in [2.05, 4.69) is 15.3 Å². The van der Waals surface area contributed by atoms with Crippen LogP contribution in [-0.4, -0.2) is 27.0 Å². The molecule has 0 saturated heterocycles. The van der Waals surface area contributed by atoms with Crippen molar-refractivity contribution in [2.75, 3.05) is 0 Å². The zero-order valence-corrected chi connectivity index (χ0v) is 13.5. The first kappa shape index (κ1) is 16.6. The molecule has 0 aliphatic heterocycles. The number of hydrogen-bond donors (Lipinski definition) is 2. The lowest BCUT2D eigenvalue weighted by Crippen LogP contribution is -2.34. The highest BCUT2D eigenvalue weighted by molar-refractivity contribution is 5.97. The van der Waals surface area contributed by atoms with Crippen LogP contribution in [0, 0.1) is 27.7 Å². The number of rotatable bonds is 4. The number of hydrogen-bond acceptors (Lipinski definition) is 4. The molecule has 6 nitrogen and oxygen atoms in total. The molecule has 1 heterocycles. The second-order valence-electron chi connectivity index (χ2n) is 5.50. The summed E-state index contributed by atoms with van der Waals surface area (Å²) >= 11 is 0. The Balaban J connectivity index is 2.30. The number of nitrogens with one attached hydrogen (secondary N) is 1. The average molecular weight is 313 g/mol. The summed E-state index contributed by atoms with van der Waals surface area (Å²) in [4.78, 5) is 32.0. The van der Waals surface area contributed by atoms with Crippen molar-refractivity contribution in [3.8, 4) is 0 Å². The largest absolute Gasteiger partial charge is 0.479 e. The van der Waals surface area contributed by atoms with E-state index in [4.69, 9.17) is 0 Å². The highest BCUT2D eigenvalue weighted by Gasteiger charge is 2.24. The molecule has 0 aliphatic carbocycles. The molecule has 0 radical (unpaired) electrons. The van der Waals surface area contributed by atoms with E-state index in [0.29, 0.717) is 17.1 Å². The van der Waals surface area contributed by atoms with E-state index in [1.807, 2.05) is 19.9 Å². The van der Waals surface area contributed by atoms with Gasteiger partial charge >= 0.3 is 5.97 Å². The molecule has 1 atom stereocenters. The van der Waals surface area contributed by atoms with Crippen LogP contribution in [0.3, 0.4) is 0 Å². The predicted molar refractivity (Wildman–Crippen MR) is 85.3 cm³/mol. The molecule has 0 aliphatic rings. The second kappa shape index (κ2) is 6.56. The van der Waals surface area contributed by atoms with E-state index in [1.54, 1.807) is 26.0 Å². The van der Waals surface area contributed by atoms with Crippen molar-refractivity contribution in [2.45, 2.75) is 33.7 Å². The van der Waals surface area contributed by atoms with Crippen molar-refractivity contribution < 1.29 is 14.7 Å². The van der Waals surface area contributed by atoms with Crippen molar-refractivity contribution in [3.05, 3.63) is 58.2 Å². The van der Waals surface area contributed by atoms with Gasteiger partial charge in [0.05, 0.1) is 11.3 Å². The summed E-state index contributed by atoms with van der Waals surface area (Å²) < 4.78 is 0. The minimum absolute atomic E-state index is 0.269. The highest BCUT2D eigenvalue weighted by Crippen LogP contribution is 2.18. The summed E-state index contributed by atoms with van der Waals surface area (Å²) in [6.07, 6.45) is 1.41.